The monoisotopic (exact) mass is 369 g/mol. The summed E-state index contributed by atoms with van der Waals surface area (Å²) in [7, 11) is 0. The van der Waals surface area contributed by atoms with E-state index in [-0.39, 0.29) is 0 Å². The number of piperazine rings is 1. The summed E-state index contributed by atoms with van der Waals surface area (Å²) < 4.78 is 5.40. The Kier molecular flexibility index (Phi) is 5.33. The van der Waals surface area contributed by atoms with Gasteiger partial charge >= 0.3 is 0 Å². The van der Waals surface area contributed by atoms with Crippen molar-refractivity contribution in [2.75, 3.05) is 67.2 Å². The van der Waals surface area contributed by atoms with Gasteiger partial charge in [-0.15, -0.1) is 10.2 Å². The number of aromatic nitrogens is 4. The molecule has 0 saturated carbocycles. The molecular formula is C19H27N7O. The third kappa shape index (κ3) is 4.10. The highest BCUT2D eigenvalue weighted by Crippen LogP contribution is 2.20. The Morgan fingerprint density at radius 2 is 1.33 bits per heavy atom. The standard InChI is InChI=1S/C19H27N7O/c1-15(2)19-20-6-5-16(21-19)24-7-9-25(10-8-24)17-3-4-18(23-22-17)26-11-13-27-14-12-26/h3-6,15H,7-14H2,1-2H3. The van der Waals surface area contributed by atoms with Crippen LogP contribution in [0.5, 0.6) is 0 Å². The molecule has 144 valence electrons. The smallest absolute Gasteiger partial charge is 0.151 e. The largest absolute Gasteiger partial charge is 0.378 e. The molecule has 2 aliphatic rings. The maximum absolute atomic E-state index is 5.40. The molecule has 0 aromatic carbocycles. The third-order valence-electron chi connectivity index (χ3n) is 5.08. The molecule has 0 unspecified atom stereocenters. The Bertz CT molecular complexity index is 738. The van der Waals surface area contributed by atoms with E-state index in [0.717, 1.165) is 75.8 Å². The van der Waals surface area contributed by atoms with Crippen LogP contribution in [0.2, 0.25) is 0 Å². The van der Waals surface area contributed by atoms with Crippen LogP contribution in [0.25, 0.3) is 0 Å². The molecule has 0 bridgehead atoms. The molecule has 2 aliphatic heterocycles. The minimum absolute atomic E-state index is 0.339. The molecule has 0 amide bonds. The topological polar surface area (TPSA) is 70.5 Å². The zero-order chi connectivity index (χ0) is 18.6. The lowest BCUT2D eigenvalue weighted by Gasteiger charge is -2.36. The molecular weight excluding hydrogens is 342 g/mol. The summed E-state index contributed by atoms with van der Waals surface area (Å²) in [5, 5.41) is 8.89. The van der Waals surface area contributed by atoms with Gasteiger partial charge in [-0.2, -0.15) is 0 Å². The van der Waals surface area contributed by atoms with Gasteiger partial charge in [-0.05, 0) is 18.2 Å². The number of ether oxygens (including phenoxy) is 1. The van der Waals surface area contributed by atoms with Gasteiger partial charge in [0.2, 0.25) is 0 Å². The highest BCUT2D eigenvalue weighted by Gasteiger charge is 2.21. The van der Waals surface area contributed by atoms with Crippen molar-refractivity contribution in [1.29, 1.82) is 0 Å². The minimum Gasteiger partial charge on any atom is -0.378 e. The fourth-order valence-electron chi connectivity index (χ4n) is 3.43. The molecule has 2 fully saturated rings. The second-order valence-electron chi connectivity index (χ2n) is 7.25. The Morgan fingerprint density at radius 3 is 1.89 bits per heavy atom. The predicted octanol–water partition coefficient (Wildman–Crippen LogP) is 1.55. The van der Waals surface area contributed by atoms with Crippen molar-refractivity contribution in [3.05, 3.63) is 30.2 Å². The normalized spacial score (nSPS) is 18.3. The van der Waals surface area contributed by atoms with Crippen LogP contribution in [-0.4, -0.2) is 72.6 Å². The van der Waals surface area contributed by atoms with E-state index >= 15 is 0 Å². The maximum atomic E-state index is 5.40. The van der Waals surface area contributed by atoms with Gasteiger partial charge in [0.25, 0.3) is 0 Å². The first kappa shape index (κ1) is 17.9. The molecule has 0 atom stereocenters. The van der Waals surface area contributed by atoms with E-state index in [1.54, 1.807) is 0 Å². The molecule has 2 aromatic rings. The molecule has 8 heteroatoms. The number of hydrogen-bond acceptors (Lipinski definition) is 8. The third-order valence-corrected chi connectivity index (χ3v) is 5.08. The minimum atomic E-state index is 0.339. The highest BCUT2D eigenvalue weighted by molar-refractivity contribution is 5.47. The van der Waals surface area contributed by atoms with Crippen molar-refractivity contribution in [3.8, 4) is 0 Å². The predicted molar refractivity (Wildman–Crippen MR) is 106 cm³/mol. The summed E-state index contributed by atoms with van der Waals surface area (Å²) in [6, 6.07) is 6.15. The van der Waals surface area contributed by atoms with E-state index in [1.165, 1.54) is 0 Å². The lowest BCUT2D eigenvalue weighted by molar-refractivity contribution is 0.122. The molecule has 0 aliphatic carbocycles. The molecule has 2 saturated heterocycles. The van der Waals surface area contributed by atoms with Crippen LogP contribution in [0.15, 0.2) is 24.4 Å². The summed E-state index contributed by atoms with van der Waals surface area (Å²) in [6.07, 6.45) is 1.86. The summed E-state index contributed by atoms with van der Waals surface area (Å²) in [6.45, 7) is 11.2. The van der Waals surface area contributed by atoms with Crippen LogP contribution in [0.1, 0.15) is 25.6 Å². The van der Waals surface area contributed by atoms with E-state index in [9.17, 15) is 0 Å². The van der Waals surface area contributed by atoms with Gasteiger partial charge in [0, 0.05) is 51.4 Å². The fourth-order valence-corrected chi connectivity index (χ4v) is 3.43. The fraction of sp³-hybridized carbons (Fsp3) is 0.579. The second kappa shape index (κ2) is 8.04. The van der Waals surface area contributed by atoms with E-state index in [2.05, 4.69) is 55.9 Å². The lowest BCUT2D eigenvalue weighted by Crippen LogP contribution is -2.47. The van der Waals surface area contributed by atoms with Gasteiger partial charge in [0.05, 0.1) is 13.2 Å². The van der Waals surface area contributed by atoms with Crippen molar-refractivity contribution in [3.63, 3.8) is 0 Å². The maximum Gasteiger partial charge on any atom is 0.151 e. The van der Waals surface area contributed by atoms with Crippen LogP contribution < -0.4 is 14.7 Å². The summed E-state index contributed by atoms with van der Waals surface area (Å²) >= 11 is 0. The van der Waals surface area contributed by atoms with E-state index < -0.39 is 0 Å². The Labute approximate surface area is 160 Å². The zero-order valence-electron chi connectivity index (χ0n) is 16.1. The highest BCUT2D eigenvalue weighted by atomic mass is 16.5. The average molecular weight is 369 g/mol. The molecule has 8 nitrogen and oxygen atoms in total. The molecule has 0 radical (unpaired) electrons. The van der Waals surface area contributed by atoms with Crippen molar-refractivity contribution >= 4 is 17.5 Å². The van der Waals surface area contributed by atoms with Gasteiger partial charge in [0.1, 0.15) is 11.6 Å². The van der Waals surface area contributed by atoms with E-state index in [0.29, 0.717) is 5.92 Å². The number of morpholine rings is 1. The van der Waals surface area contributed by atoms with Gasteiger partial charge < -0.3 is 19.4 Å². The molecule has 27 heavy (non-hydrogen) atoms. The van der Waals surface area contributed by atoms with Gasteiger partial charge in [0.15, 0.2) is 11.6 Å². The first-order valence-corrected chi connectivity index (χ1v) is 9.70. The molecule has 0 N–H and O–H groups in total. The Balaban J connectivity index is 1.37. The number of nitrogens with zero attached hydrogens (tertiary/aromatic N) is 7. The summed E-state index contributed by atoms with van der Waals surface area (Å²) in [4.78, 5) is 15.9. The van der Waals surface area contributed by atoms with E-state index in [4.69, 9.17) is 9.72 Å². The van der Waals surface area contributed by atoms with Crippen LogP contribution in [-0.2, 0) is 4.74 Å². The van der Waals surface area contributed by atoms with Gasteiger partial charge in [-0.3, -0.25) is 0 Å². The van der Waals surface area contributed by atoms with Crippen LogP contribution in [0.4, 0.5) is 17.5 Å². The van der Waals surface area contributed by atoms with Crippen molar-refractivity contribution in [1.82, 2.24) is 20.2 Å². The Hall–Kier alpha value is -2.48. The molecule has 4 rings (SSSR count). The quantitative estimate of drug-likeness (QED) is 0.804. The van der Waals surface area contributed by atoms with Crippen molar-refractivity contribution < 1.29 is 4.74 Å². The summed E-state index contributed by atoms with van der Waals surface area (Å²) in [5.74, 6) is 4.13. The Morgan fingerprint density at radius 1 is 0.778 bits per heavy atom. The molecule has 2 aromatic heterocycles. The number of anilines is 3. The first-order valence-electron chi connectivity index (χ1n) is 9.70. The SMILES string of the molecule is CC(C)c1nccc(N2CCN(c3ccc(N4CCOCC4)nn3)CC2)n1. The van der Waals surface area contributed by atoms with Crippen LogP contribution in [0.3, 0.4) is 0 Å². The van der Waals surface area contributed by atoms with E-state index in [1.807, 2.05) is 12.3 Å². The van der Waals surface area contributed by atoms with Crippen LogP contribution >= 0.6 is 0 Å². The molecule has 0 spiro atoms. The van der Waals surface area contributed by atoms with Gasteiger partial charge in [-0.1, -0.05) is 13.8 Å². The number of rotatable bonds is 4. The second-order valence-corrected chi connectivity index (χ2v) is 7.25. The van der Waals surface area contributed by atoms with Crippen LogP contribution in [0, 0.1) is 0 Å². The molecule has 4 heterocycles. The zero-order valence-corrected chi connectivity index (χ0v) is 16.1. The average Bonchev–Trinajstić information content (AvgIpc) is 2.75. The van der Waals surface area contributed by atoms with Crippen molar-refractivity contribution in [2.45, 2.75) is 19.8 Å². The first-order chi connectivity index (χ1) is 13.2. The number of hydrogen-bond donors (Lipinski definition) is 0. The lowest BCUT2D eigenvalue weighted by atomic mass is 10.2. The summed E-state index contributed by atoms with van der Waals surface area (Å²) in [5.41, 5.74) is 0. The van der Waals surface area contributed by atoms with Gasteiger partial charge in [-0.25, -0.2) is 9.97 Å². The van der Waals surface area contributed by atoms with Crippen molar-refractivity contribution in [2.24, 2.45) is 0 Å².